The molecule has 0 aliphatic carbocycles. The fraction of sp³-hybridized carbons (Fsp3) is 0.545. The van der Waals surface area contributed by atoms with Crippen molar-refractivity contribution in [2.75, 3.05) is 0 Å². The van der Waals surface area contributed by atoms with Gasteiger partial charge in [-0.3, -0.25) is 0 Å². The number of imidazole rings is 1. The molecule has 0 aromatic carbocycles. The molecule has 0 aliphatic rings. The number of fused-ring (bicyclic) bond motifs is 1. The Morgan fingerprint density at radius 2 is 1.52 bits per heavy atom. The molecule has 0 bridgehead atoms. The third-order valence-electron chi connectivity index (χ3n) is 5.81. The number of rotatable bonds is 12. The molecular weight excluding hydrogens is 487 g/mol. The summed E-state index contributed by atoms with van der Waals surface area (Å²) in [4.78, 5) is 27.2. The Kier molecular flexibility index (Phi) is 8.24. The summed E-state index contributed by atoms with van der Waals surface area (Å²) < 4.78 is 7.50. The van der Waals surface area contributed by atoms with Crippen molar-refractivity contribution in [1.82, 2.24) is 19.4 Å². The van der Waals surface area contributed by atoms with E-state index >= 15 is 0 Å². The number of ketones is 1. The van der Waals surface area contributed by atoms with Gasteiger partial charge in [0.05, 0.1) is 0 Å². The number of hydrogen-bond donors (Lipinski definition) is 0. The molecule has 3 aromatic heterocycles. The van der Waals surface area contributed by atoms with Crippen molar-refractivity contribution in [3.05, 3.63) is 42.5 Å². The van der Waals surface area contributed by atoms with Crippen LogP contribution in [0.25, 0.3) is 4.83 Å². The summed E-state index contributed by atoms with van der Waals surface area (Å²) >= 11 is -0.922. The molecule has 3 aromatic rings. The Morgan fingerprint density at radius 3 is 2.07 bits per heavy atom. The predicted octanol–water partition coefficient (Wildman–Crippen LogP) is 5.47. The van der Waals surface area contributed by atoms with Gasteiger partial charge >= 0.3 is 182 Å². The van der Waals surface area contributed by atoms with Crippen LogP contribution in [-0.4, -0.2) is 43.5 Å². The van der Waals surface area contributed by atoms with Gasteiger partial charge in [0.1, 0.15) is 0 Å². The van der Waals surface area contributed by atoms with E-state index in [0.717, 1.165) is 10.5 Å². The third kappa shape index (κ3) is 4.90. The van der Waals surface area contributed by atoms with Gasteiger partial charge in [0.25, 0.3) is 0 Å². The Bertz CT molecular complexity index is 900. The van der Waals surface area contributed by atoms with Crippen molar-refractivity contribution in [3.8, 4) is 0 Å². The molecule has 3 rings (SSSR count). The molecule has 29 heavy (non-hydrogen) atoms. The van der Waals surface area contributed by atoms with Crippen LogP contribution in [0.4, 0.5) is 0 Å². The molecule has 3 heterocycles. The van der Waals surface area contributed by atoms with Crippen LogP contribution in [0.15, 0.2) is 31.2 Å². The number of aromatic nitrogens is 4. The summed E-state index contributed by atoms with van der Waals surface area (Å²) in [5, 5.41) is 0. The van der Waals surface area contributed by atoms with Crippen molar-refractivity contribution in [2.45, 2.75) is 72.6 Å². The fourth-order valence-corrected chi connectivity index (χ4v) is 25.0. The SMILES string of the molecule is CCC[CH2][Sn]([CH2]CCC)([CH2]CCC)[c]1sc2cncn2c1C(=O)c1cncnc1. The number of unbranched alkanes of at least 4 members (excludes halogenated alkanes) is 3. The fourth-order valence-electron chi connectivity index (χ4n) is 4.17. The standard InChI is InChI=1S/C10H5N4OS.3C4H9.Sn/c15-10(7-1-11-5-12-2-7)8-4-16-9-3-13-6-14(8)9;3*1-3-4-2;/h1-3,5-6H;3*1,3-4H2,2H3;. The van der Waals surface area contributed by atoms with Gasteiger partial charge in [0.15, 0.2) is 0 Å². The van der Waals surface area contributed by atoms with E-state index in [9.17, 15) is 4.79 Å². The Hall–Kier alpha value is -1.28. The number of carbonyl (C=O) groups is 1. The Labute approximate surface area is 181 Å². The van der Waals surface area contributed by atoms with E-state index in [2.05, 4.69) is 35.7 Å². The van der Waals surface area contributed by atoms with Crippen LogP contribution in [0.5, 0.6) is 0 Å². The summed E-state index contributed by atoms with van der Waals surface area (Å²) in [6, 6.07) is 0. The molecule has 0 spiro atoms. The van der Waals surface area contributed by atoms with E-state index in [-0.39, 0.29) is 5.78 Å². The van der Waals surface area contributed by atoms with Crippen LogP contribution >= 0.6 is 11.3 Å². The third-order valence-corrected chi connectivity index (χ3v) is 25.1. The maximum atomic E-state index is 13.6. The summed E-state index contributed by atoms with van der Waals surface area (Å²) in [7, 11) is 0. The second-order valence-corrected chi connectivity index (χ2v) is 23.0. The van der Waals surface area contributed by atoms with Gasteiger partial charge in [-0.25, -0.2) is 0 Å². The minimum absolute atomic E-state index is 0.0513. The van der Waals surface area contributed by atoms with Crippen molar-refractivity contribution >= 4 is 43.2 Å². The van der Waals surface area contributed by atoms with Crippen LogP contribution in [0.2, 0.25) is 13.3 Å². The van der Waals surface area contributed by atoms with E-state index in [1.54, 1.807) is 12.4 Å². The van der Waals surface area contributed by atoms with Gasteiger partial charge in [-0.15, -0.1) is 0 Å². The molecule has 0 aliphatic heterocycles. The van der Waals surface area contributed by atoms with Crippen molar-refractivity contribution < 1.29 is 4.79 Å². The number of carbonyl (C=O) groups excluding carboxylic acids is 1. The van der Waals surface area contributed by atoms with Crippen LogP contribution in [0.1, 0.15) is 75.3 Å². The van der Waals surface area contributed by atoms with Crippen molar-refractivity contribution in [3.63, 3.8) is 0 Å². The monoisotopic (exact) mass is 520 g/mol. The molecule has 0 saturated carbocycles. The van der Waals surface area contributed by atoms with Crippen LogP contribution in [0, 0.1) is 0 Å². The van der Waals surface area contributed by atoms with Gasteiger partial charge in [0.2, 0.25) is 0 Å². The first-order valence-corrected chi connectivity index (χ1v) is 19.2. The summed E-state index contributed by atoms with van der Waals surface area (Å²) in [6.45, 7) is 6.85. The molecular formula is C22H32N4OSSn. The molecule has 0 fully saturated rings. The molecule has 0 unspecified atom stereocenters. The summed E-state index contributed by atoms with van der Waals surface area (Å²) in [5.41, 5.74) is 1.43. The van der Waals surface area contributed by atoms with Gasteiger partial charge in [0, 0.05) is 0 Å². The summed E-state index contributed by atoms with van der Waals surface area (Å²) in [6.07, 6.45) is 16.0. The normalized spacial score (nSPS) is 12.0. The van der Waals surface area contributed by atoms with Crippen LogP contribution < -0.4 is 2.89 Å². The predicted molar refractivity (Wildman–Crippen MR) is 123 cm³/mol. The number of nitrogens with zero attached hydrogens (tertiary/aromatic N) is 4. The zero-order valence-electron chi connectivity index (χ0n) is 17.9. The van der Waals surface area contributed by atoms with E-state index in [4.69, 9.17) is 0 Å². The first-order chi connectivity index (χ1) is 14.2. The minimum atomic E-state index is -2.77. The molecule has 0 saturated heterocycles. The van der Waals surface area contributed by atoms with Gasteiger partial charge in [-0.05, 0) is 0 Å². The van der Waals surface area contributed by atoms with E-state index in [1.165, 1.54) is 61.1 Å². The molecule has 156 valence electrons. The molecule has 0 amide bonds. The molecule has 0 radical (unpaired) electrons. The maximum absolute atomic E-state index is 13.6. The van der Waals surface area contributed by atoms with Crippen LogP contribution in [-0.2, 0) is 0 Å². The van der Waals surface area contributed by atoms with Gasteiger partial charge in [-0.2, -0.15) is 0 Å². The topological polar surface area (TPSA) is 60.2 Å². The summed E-state index contributed by atoms with van der Waals surface area (Å²) in [5.74, 6) is 0.0513. The first kappa shape index (κ1) is 22.4. The molecule has 0 N–H and O–H groups in total. The quantitative estimate of drug-likeness (QED) is 0.235. The molecule has 0 atom stereocenters. The Morgan fingerprint density at radius 1 is 0.931 bits per heavy atom. The average Bonchev–Trinajstić information content (AvgIpc) is 3.35. The second-order valence-electron chi connectivity index (χ2n) is 7.93. The molecule has 5 nitrogen and oxygen atoms in total. The zero-order valence-corrected chi connectivity index (χ0v) is 21.5. The number of thiazole rings is 1. The van der Waals surface area contributed by atoms with Crippen molar-refractivity contribution in [2.24, 2.45) is 0 Å². The first-order valence-electron chi connectivity index (χ1n) is 10.9. The Balaban J connectivity index is 2.17. The average molecular weight is 519 g/mol. The zero-order chi connectivity index (χ0) is 20.7. The van der Waals surface area contributed by atoms with E-state index in [1.807, 2.05) is 28.3 Å². The van der Waals surface area contributed by atoms with Crippen molar-refractivity contribution in [1.29, 1.82) is 0 Å². The van der Waals surface area contributed by atoms with Gasteiger partial charge < -0.3 is 0 Å². The van der Waals surface area contributed by atoms with E-state index in [0.29, 0.717) is 5.56 Å². The molecule has 7 heteroatoms. The van der Waals surface area contributed by atoms with Crippen LogP contribution in [0.3, 0.4) is 0 Å². The second kappa shape index (κ2) is 10.7. The van der Waals surface area contributed by atoms with E-state index < -0.39 is 18.4 Å². The number of hydrogen-bond acceptors (Lipinski definition) is 5. The van der Waals surface area contributed by atoms with Gasteiger partial charge in [-0.1, -0.05) is 0 Å².